The molecule has 0 aliphatic carbocycles. The summed E-state index contributed by atoms with van der Waals surface area (Å²) in [5, 5.41) is 0. The van der Waals surface area contributed by atoms with Gasteiger partial charge in [-0.3, -0.25) is 0 Å². The molecule has 0 saturated heterocycles. The normalized spacial score (nSPS) is 14.5. The number of ether oxygens (including phenoxy) is 3. The number of para-hydroxylation sites is 1. The Morgan fingerprint density at radius 2 is 2.03 bits per heavy atom. The van der Waals surface area contributed by atoms with Crippen molar-refractivity contribution in [2.45, 2.75) is 31.7 Å². The van der Waals surface area contributed by atoms with Gasteiger partial charge in [0.2, 0.25) is 16.8 Å². The van der Waals surface area contributed by atoms with E-state index in [9.17, 15) is 13.2 Å². The molecule has 7 nitrogen and oxygen atoms in total. The molecule has 0 aromatic heterocycles. The van der Waals surface area contributed by atoms with Crippen molar-refractivity contribution in [2.24, 2.45) is 0 Å². The molecule has 160 valence electrons. The van der Waals surface area contributed by atoms with Crippen LogP contribution in [0.2, 0.25) is 25.7 Å². The lowest BCUT2D eigenvalue weighted by Gasteiger charge is -2.32. The molecule has 1 aliphatic rings. The molecule has 1 atom stereocenters. The minimum absolute atomic E-state index is 0.00479. The predicted octanol–water partition coefficient (Wildman–Crippen LogP) is 3.34. The summed E-state index contributed by atoms with van der Waals surface area (Å²) in [4.78, 5) is 12.3. The third-order valence-corrected chi connectivity index (χ3v) is 8.47. The van der Waals surface area contributed by atoms with E-state index in [2.05, 4.69) is 32.8 Å². The minimum Gasteiger partial charge on any atom is -0.466 e. The van der Waals surface area contributed by atoms with Crippen molar-refractivity contribution in [1.29, 1.82) is 0 Å². The van der Waals surface area contributed by atoms with Crippen molar-refractivity contribution in [2.75, 3.05) is 26.2 Å². The van der Waals surface area contributed by atoms with E-state index in [1.54, 1.807) is 18.2 Å². The van der Waals surface area contributed by atoms with Crippen LogP contribution in [-0.2, 0) is 19.6 Å². The third-order valence-electron chi connectivity index (χ3n) is 4.56. The second-order valence-electron chi connectivity index (χ2n) is 7.99. The van der Waals surface area contributed by atoms with E-state index in [0.717, 1.165) is 0 Å². The van der Waals surface area contributed by atoms with Crippen molar-refractivity contribution in [3.63, 3.8) is 0 Å². The molecule has 0 bridgehead atoms. The van der Waals surface area contributed by atoms with Crippen LogP contribution in [0.25, 0.3) is 0 Å². The standard InChI is InChI=1S/C20H29NO6SSi/c1-7-11-21(28(23,24)12-13-29(4,5)6)18(15(2)20(22)25-3)16-9-8-10-17-19(16)27-14-26-17/h7-10,18H,1-2,11-14H2,3-6H3. The molecule has 1 aromatic rings. The number of carbonyl (C=O) groups is 1. The van der Waals surface area contributed by atoms with E-state index < -0.39 is 30.1 Å². The van der Waals surface area contributed by atoms with Crippen LogP contribution in [0.5, 0.6) is 11.5 Å². The molecule has 0 saturated carbocycles. The lowest BCUT2D eigenvalue weighted by atomic mass is 9.98. The van der Waals surface area contributed by atoms with Gasteiger partial charge in [-0.05, 0) is 12.1 Å². The maximum Gasteiger partial charge on any atom is 0.335 e. The zero-order valence-electron chi connectivity index (χ0n) is 17.4. The largest absolute Gasteiger partial charge is 0.466 e. The summed E-state index contributed by atoms with van der Waals surface area (Å²) in [6.07, 6.45) is 1.49. The van der Waals surface area contributed by atoms with Crippen LogP contribution in [0.4, 0.5) is 0 Å². The molecule has 1 aliphatic heterocycles. The van der Waals surface area contributed by atoms with Crippen molar-refractivity contribution >= 4 is 24.1 Å². The number of rotatable bonds is 10. The van der Waals surface area contributed by atoms with Crippen LogP contribution in [0, 0.1) is 0 Å². The summed E-state index contributed by atoms with van der Waals surface area (Å²) >= 11 is 0. The van der Waals surface area contributed by atoms with Crippen LogP contribution < -0.4 is 9.47 Å². The maximum absolute atomic E-state index is 13.3. The molecule has 1 aromatic carbocycles. The van der Waals surface area contributed by atoms with E-state index in [0.29, 0.717) is 23.1 Å². The monoisotopic (exact) mass is 439 g/mol. The smallest absolute Gasteiger partial charge is 0.335 e. The van der Waals surface area contributed by atoms with E-state index >= 15 is 0 Å². The molecule has 1 unspecified atom stereocenters. The zero-order chi connectivity index (χ0) is 21.8. The number of esters is 1. The van der Waals surface area contributed by atoms with Crippen molar-refractivity contribution in [3.8, 4) is 11.5 Å². The predicted molar refractivity (Wildman–Crippen MR) is 115 cm³/mol. The molecule has 0 N–H and O–H groups in total. The highest BCUT2D eigenvalue weighted by atomic mass is 32.2. The van der Waals surface area contributed by atoms with Gasteiger partial charge in [0, 0.05) is 20.2 Å². The van der Waals surface area contributed by atoms with Crippen LogP contribution >= 0.6 is 0 Å². The highest BCUT2D eigenvalue weighted by Gasteiger charge is 2.38. The summed E-state index contributed by atoms with van der Waals surface area (Å²) in [6, 6.07) is 4.75. The van der Waals surface area contributed by atoms with E-state index in [4.69, 9.17) is 14.2 Å². The fraction of sp³-hybridized carbons (Fsp3) is 0.450. The van der Waals surface area contributed by atoms with Gasteiger partial charge in [0.1, 0.15) is 0 Å². The van der Waals surface area contributed by atoms with Crippen molar-refractivity contribution in [1.82, 2.24) is 4.31 Å². The Hall–Kier alpha value is -2.10. The number of carbonyl (C=O) groups excluding carboxylic acids is 1. The summed E-state index contributed by atoms with van der Waals surface area (Å²) < 4.78 is 43.7. The van der Waals surface area contributed by atoms with Crippen molar-refractivity contribution < 1.29 is 27.4 Å². The van der Waals surface area contributed by atoms with Crippen molar-refractivity contribution in [3.05, 3.63) is 48.6 Å². The van der Waals surface area contributed by atoms with Gasteiger partial charge in [-0.15, -0.1) is 6.58 Å². The number of sulfonamides is 1. The first-order chi connectivity index (χ1) is 13.5. The summed E-state index contributed by atoms with van der Waals surface area (Å²) in [7, 11) is -4.12. The van der Waals surface area contributed by atoms with Crippen LogP contribution in [0.3, 0.4) is 0 Å². The fourth-order valence-electron chi connectivity index (χ4n) is 2.99. The van der Waals surface area contributed by atoms with E-state index in [1.807, 2.05) is 0 Å². The molecule has 2 rings (SSSR count). The first-order valence-electron chi connectivity index (χ1n) is 9.28. The zero-order valence-corrected chi connectivity index (χ0v) is 19.3. The van der Waals surface area contributed by atoms with Crippen LogP contribution in [-0.4, -0.2) is 53.0 Å². The highest BCUT2D eigenvalue weighted by Crippen LogP contribution is 2.43. The third kappa shape index (κ3) is 5.49. The van der Waals surface area contributed by atoms with Gasteiger partial charge in [0.05, 0.1) is 24.5 Å². The highest BCUT2D eigenvalue weighted by molar-refractivity contribution is 7.89. The number of benzene rings is 1. The molecule has 0 radical (unpaired) electrons. The van der Waals surface area contributed by atoms with Gasteiger partial charge >= 0.3 is 5.97 Å². The first kappa shape index (κ1) is 23.2. The SMILES string of the molecule is C=CCN(C(C(=C)C(=O)OC)c1cccc2c1OCO2)S(=O)(=O)CC[Si](C)(C)C. The molecule has 0 amide bonds. The molecule has 0 fully saturated rings. The minimum atomic E-state index is -3.74. The Labute approximate surface area is 174 Å². The Balaban J connectivity index is 2.58. The first-order valence-corrected chi connectivity index (χ1v) is 14.6. The maximum atomic E-state index is 13.3. The van der Waals surface area contributed by atoms with Gasteiger partial charge in [-0.2, -0.15) is 4.31 Å². The number of hydrogen-bond donors (Lipinski definition) is 0. The number of nitrogens with zero attached hydrogens (tertiary/aromatic N) is 1. The summed E-state index contributed by atoms with van der Waals surface area (Å²) in [5.41, 5.74) is 0.476. The number of hydrogen-bond acceptors (Lipinski definition) is 6. The molecule has 0 spiro atoms. The van der Waals surface area contributed by atoms with Gasteiger partial charge in [-0.1, -0.05) is 44.4 Å². The van der Waals surface area contributed by atoms with Crippen LogP contribution in [0.1, 0.15) is 11.6 Å². The number of methoxy groups -OCH3 is 1. The Morgan fingerprint density at radius 3 is 2.62 bits per heavy atom. The summed E-state index contributed by atoms with van der Waals surface area (Å²) in [5.74, 6) is 0.176. The number of fused-ring (bicyclic) bond motifs is 1. The van der Waals surface area contributed by atoms with Gasteiger partial charge in [0.25, 0.3) is 0 Å². The van der Waals surface area contributed by atoms with E-state index in [-0.39, 0.29) is 24.7 Å². The average Bonchev–Trinajstić information content (AvgIpc) is 3.14. The van der Waals surface area contributed by atoms with E-state index in [1.165, 1.54) is 17.5 Å². The quantitative estimate of drug-likeness (QED) is 0.241. The lowest BCUT2D eigenvalue weighted by Crippen LogP contribution is -2.40. The molecule has 29 heavy (non-hydrogen) atoms. The Morgan fingerprint density at radius 1 is 1.34 bits per heavy atom. The van der Waals surface area contributed by atoms with Gasteiger partial charge < -0.3 is 14.2 Å². The van der Waals surface area contributed by atoms with Gasteiger partial charge in [-0.25, -0.2) is 13.2 Å². The van der Waals surface area contributed by atoms with Crippen LogP contribution in [0.15, 0.2) is 43.0 Å². The topological polar surface area (TPSA) is 82.1 Å². The lowest BCUT2D eigenvalue weighted by molar-refractivity contribution is -0.136. The average molecular weight is 440 g/mol. The second-order valence-corrected chi connectivity index (χ2v) is 15.6. The Kier molecular flexibility index (Phi) is 7.31. The summed E-state index contributed by atoms with van der Waals surface area (Å²) in [6.45, 7) is 13.9. The molecule has 9 heteroatoms. The molecular weight excluding hydrogens is 410 g/mol. The van der Waals surface area contributed by atoms with Gasteiger partial charge in [0.15, 0.2) is 11.5 Å². The Bertz CT molecular complexity index is 891. The molecular formula is C20H29NO6SSi. The fourth-order valence-corrected chi connectivity index (χ4v) is 7.60. The molecule has 1 heterocycles. The second kappa shape index (κ2) is 9.14.